The molecule has 112 valence electrons. The number of amides is 1. The van der Waals surface area contributed by atoms with E-state index < -0.39 is 11.7 Å². The lowest BCUT2D eigenvalue weighted by Crippen LogP contribution is -2.27. The van der Waals surface area contributed by atoms with Crippen LogP contribution >= 0.6 is 12.4 Å². The van der Waals surface area contributed by atoms with Crippen LogP contribution in [0.4, 0.5) is 4.39 Å². The first-order valence-corrected chi connectivity index (χ1v) is 6.96. The average molecular weight is 301 g/mol. The van der Waals surface area contributed by atoms with Crippen molar-refractivity contribution in [3.8, 4) is 0 Å². The van der Waals surface area contributed by atoms with E-state index in [0.29, 0.717) is 0 Å². The first-order chi connectivity index (χ1) is 9.16. The summed E-state index contributed by atoms with van der Waals surface area (Å²) < 4.78 is 13.6. The summed E-state index contributed by atoms with van der Waals surface area (Å²) >= 11 is 0. The summed E-state index contributed by atoms with van der Waals surface area (Å²) in [5, 5.41) is 3.35. The normalized spacial score (nSPS) is 15.7. The maximum atomic E-state index is 13.6. The topological polar surface area (TPSA) is 55.1 Å². The molecule has 0 spiro atoms. The summed E-state index contributed by atoms with van der Waals surface area (Å²) in [6.07, 6.45) is 5.62. The molecule has 0 aromatic heterocycles. The third-order valence-corrected chi connectivity index (χ3v) is 3.84. The fraction of sp³-hybridized carbons (Fsp3) is 0.533. The molecule has 1 aromatic rings. The fourth-order valence-corrected chi connectivity index (χ4v) is 2.68. The van der Waals surface area contributed by atoms with Gasteiger partial charge in [0.15, 0.2) is 0 Å². The van der Waals surface area contributed by atoms with Crippen LogP contribution in [0.15, 0.2) is 18.2 Å². The number of piperidine rings is 1. The second-order valence-corrected chi connectivity index (χ2v) is 5.26. The van der Waals surface area contributed by atoms with E-state index in [1.807, 2.05) is 0 Å². The van der Waals surface area contributed by atoms with Gasteiger partial charge >= 0.3 is 0 Å². The Morgan fingerprint density at radius 1 is 1.35 bits per heavy atom. The van der Waals surface area contributed by atoms with E-state index in [4.69, 9.17) is 5.73 Å². The van der Waals surface area contributed by atoms with Crippen LogP contribution < -0.4 is 11.1 Å². The number of aryl methyl sites for hydroxylation is 1. The molecule has 5 heteroatoms. The van der Waals surface area contributed by atoms with Gasteiger partial charge in [-0.15, -0.1) is 12.4 Å². The van der Waals surface area contributed by atoms with Crippen LogP contribution in [0, 0.1) is 11.7 Å². The molecule has 1 heterocycles. The average Bonchev–Trinajstić information content (AvgIpc) is 2.39. The van der Waals surface area contributed by atoms with Crippen LogP contribution in [0.1, 0.15) is 41.6 Å². The summed E-state index contributed by atoms with van der Waals surface area (Å²) in [5.41, 5.74) is 5.99. The predicted octanol–water partition coefficient (Wildman–Crippen LogP) is 2.67. The number of hydrogen-bond donors (Lipinski definition) is 2. The predicted molar refractivity (Wildman–Crippen MR) is 80.7 cm³/mol. The van der Waals surface area contributed by atoms with E-state index in [1.165, 1.54) is 31.4 Å². The molecule has 3 nitrogen and oxygen atoms in total. The van der Waals surface area contributed by atoms with Crippen molar-refractivity contribution in [2.45, 2.75) is 32.1 Å². The molecule has 1 aliphatic heterocycles. The van der Waals surface area contributed by atoms with Crippen molar-refractivity contribution in [2.75, 3.05) is 13.1 Å². The van der Waals surface area contributed by atoms with Gasteiger partial charge in [0, 0.05) is 0 Å². The zero-order valence-corrected chi connectivity index (χ0v) is 12.3. The Hall–Kier alpha value is -1.13. The number of halogens is 2. The zero-order chi connectivity index (χ0) is 13.7. The zero-order valence-electron chi connectivity index (χ0n) is 11.5. The van der Waals surface area contributed by atoms with Crippen LogP contribution in [-0.2, 0) is 6.42 Å². The third kappa shape index (κ3) is 4.76. The number of rotatable bonds is 5. The molecule has 0 unspecified atom stereocenters. The van der Waals surface area contributed by atoms with Crippen molar-refractivity contribution in [3.63, 3.8) is 0 Å². The maximum Gasteiger partial charge on any atom is 0.251 e. The Labute approximate surface area is 125 Å². The highest BCUT2D eigenvalue weighted by Crippen LogP contribution is 2.20. The van der Waals surface area contributed by atoms with Crippen LogP contribution in [-0.4, -0.2) is 19.0 Å². The van der Waals surface area contributed by atoms with E-state index >= 15 is 0 Å². The molecular weight excluding hydrogens is 279 g/mol. The SMILES string of the molecule is Cl.NC(=O)c1ccc(CCCC2CCNCC2)cc1F. The molecule has 20 heavy (non-hydrogen) atoms. The van der Waals surface area contributed by atoms with Gasteiger partial charge in [-0.25, -0.2) is 4.39 Å². The Kier molecular flexibility index (Phi) is 6.96. The van der Waals surface area contributed by atoms with Gasteiger partial charge in [0.05, 0.1) is 5.56 Å². The smallest absolute Gasteiger partial charge is 0.251 e. The van der Waals surface area contributed by atoms with Gasteiger partial charge in [-0.3, -0.25) is 4.79 Å². The Morgan fingerprint density at radius 2 is 2.05 bits per heavy atom. The lowest BCUT2D eigenvalue weighted by molar-refractivity contribution is 0.0996. The summed E-state index contributed by atoms with van der Waals surface area (Å²) in [4.78, 5) is 10.9. The Bertz CT molecular complexity index is 447. The van der Waals surface area contributed by atoms with E-state index in [1.54, 1.807) is 6.07 Å². The summed E-state index contributed by atoms with van der Waals surface area (Å²) in [6.45, 7) is 2.24. The second-order valence-electron chi connectivity index (χ2n) is 5.26. The highest BCUT2D eigenvalue weighted by atomic mass is 35.5. The van der Waals surface area contributed by atoms with Crippen molar-refractivity contribution in [3.05, 3.63) is 35.1 Å². The van der Waals surface area contributed by atoms with Crippen LogP contribution in [0.3, 0.4) is 0 Å². The molecule has 0 aliphatic carbocycles. The number of primary amides is 1. The fourth-order valence-electron chi connectivity index (χ4n) is 2.68. The van der Waals surface area contributed by atoms with E-state index in [9.17, 15) is 9.18 Å². The lowest BCUT2D eigenvalue weighted by Gasteiger charge is -2.22. The first-order valence-electron chi connectivity index (χ1n) is 6.96. The Balaban J connectivity index is 0.00000200. The molecule has 1 amide bonds. The number of carbonyl (C=O) groups excluding carboxylic acids is 1. The molecule has 0 saturated carbocycles. The van der Waals surface area contributed by atoms with Gasteiger partial charge in [0.25, 0.3) is 5.91 Å². The maximum absolute atomic E-state index is 13.6. The van der Waals surface area contributed by atoms with Crippen molar-refractivity contribution >= 4 is 18.3 Å². The minimum atomic E-state index is -0.709. The minimum absolute atomic E-state index is 0. The van der Waals surface area contributed by atoms with E-state index in [2.05, 4.69) is 5.32 Å². The number of nitrogens with two attached hydrogens (primary N) is 1. The van der Waals surface area contributed by atoms with Crippen molar-refractivity contribution in [1.29, 1.82) is 0 Å². The van der Waals surface area contributed by atoms with Gasteiger partial charge in [0.2, 0.25) is 0 Å². The van der Waals surface area contributed by atoms with E-state index in [0.717, 1.165) is 37.4 Å². The third-order valence-electron chi connectivity index (χ3n) is 3.84. The van der Waals surface area contributed by atoms with E-state index in [-0.39, 0.29) is 18.0 Å². The number of benzene rings is 1. The molecule has 3 N–H and O–H groups in total. The van der Waals surface area contributed by atoms with Gasteiger partial charge in [-0.05, 0) is 62.4 Å². The lowest BCUT2D eigenvalue weighted by atomic mass is 9.91. The second kappa shape index (κ2) is 8.22. The molecule has 0 atom stereocenters. The largest absolute Gasteiger partial charge is 0.366 e. The summed E-state index contributed by atoms with van der Waals surface area (Å²) in [7, 11) is 0. The Morgan fingerprint density at radius 3 is 2.65 bits per heavy atom. The quantitative estimate of drug-likeness (QED) is 0.878. The van der Waals surface area contributed by atoms with Gasteiger partial charge in [-0.1, -0.05) is 12.5 Å². The van der Waals surface area contributed by atoms with Gasteiger partial charge in [0.1, 0.15) is 5.82 Å². The summed E-state index contributed by atoms with van der Waals surface area (Å²) in [5.74, 6) is -0.415. The molecule has 2 rings (SSSR count). The van der Waals surface area contributed by atoms with Gasteiger partial charge in [-0.2, -0.15) is 0 Å². The molecule has 0 radical (unpaired) electrons. The van der Waals surface area contributed by atoms with Crippen LogP contribution in [0.25, 0.3) is 0 Å². The number of hydrogen-bond acceptors (Lipinski definition) is 2. The summed E-state index contributed by atoms with van der Waals surface area (Å²) in [6, 6.07) is 4.71. The number of nitrogens with one attached hydrogen (secondary N) is 1. The van der Waals surface area contributed by atoms with Crippen LogP contribution in [0.2, 0.25) is 0 Å². The molecule has 1 aromatic carbocycles. The monoisotopic (exact) mass is 300 g/mol. The highest BCUT2D eigenvalue weighted by molar-refractivity contribution is 5.93. The minimum Gasteiger partial charge on any atom is -0.366 e. The first kappa shape index (κ1) is 16.9. The van der Waals surface area contributed by atoms with Crippen molar-refractivity contribution in [1.82, 2.24) is 5.32 Å². The standard InChI is InChI=1S/C15H21FN2O.ClH/c16-14-10-12(4-5-13(14)15(17)19)3-1-2-11-6-8-18-9-7-11;/h4-5,10-11,18H,1-3,6-9H2,(H2,17,19);1H. The van der Waals surface area contributed by atoms with Crippen molar-refractivity contribution < 1.29 is 9.18 Å². The highest BCUT2D eigenvalue weighted by Gasteiger charge is 2.13. The molecular formula is C15H22ClFN2O. The number of carbonyl (C=O) groups is 1. The van der Waals surface area contributed by atoms with Gasteiger partial charge < -0.3 is 11.1 Å². The van der Waals surface area contributed by atoms with Crippen LogP contribution in [0.5, 0.6) is 0 Å². The molecule has 1 saturated heterocycles. The molecule has 0 bridgehead atoms. The molecule has 1 fully saturated rings. The molecule has 1 aliphatic rings. The van der Waals surface area contributed by atoms with Crippen molar-refractivity contribution in [2.24, 2.45) is 11.7 Å².